The van der Waals surface area contributed by atoms with Gasteiger partial charge in [-0.15, -0.1) is 0 Å². The standard InChI is InChI=1S/C16H20F3N3O3/c1-2-25-15(24)20-14(23)11-21-6-8-22(9-7-21)13-5-3-4-12(10-13)16(17,18)19/h3-5,10H,2,6-9,11H2,1H3,(H,20,23,24). The Hall–Kier alpha value is -2.29. The van der Waals surface area contributed by atoms with Crippen LogP contribution in [-0.4, -0.2) is 56.2 Å². The molecule has 0 aliphatic carbocycles. The fraction of sp³-hybridized carbons (Fsp3) is 0.500. The van der Waals surface area contributed by atoms with Crippen molar-refractivity contribution in [2.45, 2.75) is 13.1 Å². The molecule has 1 saturated heterocycles. The fourth-order valence-electron chi connectivity index (χ4n) is 2.57. The van der Waals surface area contributed by atoms with Crippen LogP contribution in [0.25, 0.3) is 0 Å². The monoisotopic (exact) mass is 359 g/mol. The number of amides is 2. The predicted octanol–water partition coefficient (Wildman–Crippen LogP) is 2.10. The molecule has 1 fully saturated rings. The molecule has 1 aliphatic heterocycles. The number of hydrogen-bond donors (Lipinski definition) is 1. The van der Waals surface area contributed by atoms with Gasteiger partial charge in [0.05, 0.1) is 18.7 Å². The molecule has 1 aromatic carbocycles. The summed E-state index contributed by atoms with van der Waals surface area (Å²) in [6.45, 7) is 3.85. The minimum atomic E-state index is -4.37. The maximum Gasteiger partial charge on any atom is 0.416 e. The Labute approximate surface area is 143 Å². The zero-order valence-corrected chi connectivity index (χ0v) is 13.8. The van der Waals surface area contributed by atoms with Crippen LogP contribution in [0.3, 0.4) is 0 Å². The number of carbonyl (C=O) groups excluding carboxylic acids is 2. The van der Waals surface area contributed by atoms with E-state index in [4.69, 9.17) is 0 Å². The van der Waals surface area contributed by atoms with Gasteiger partial charge >= 0.3 is 12.3 Å². The summed E-state index contributed by atoms with van der Waals surface area (Å²) in [6, 6.07) is 5.19. The number of hydrogen-bond acceptors (Lipinski definition) is 5. The van der Waals surface area contributed by atoms with Crippen LogP contribution in [0.5, 0.6) is 0 Å². The average molecular weight is 359 g/mol. The minimum Gasteiger partial charge on any atom is -0.450 e. The highest BCUT2D eigenvalue weighted by Crippen LogP contribution is 2.31. The van der Waals surface area contributed by atoms with E-state index in [1.807, 2.05) is 9.80 Å². The molecular weight excluding hydrogens is 339 g/mol. The van der Waals surface area contributed by atoms with Crippen molar-refractivity contribution in [1.82, 2.24) is 10.2 Å². The molecule has 6 nitrogen and oxygen atoms in total. The number of nitrogens with one attached hydrogen (secondary N) is 1. The lowest BCUT2D eigenvalue weighted by molar-refractivity contribution is -0.137. The van der Waals surface area contributed by atoms with Crippen LogP contribution in [-0.2, 0) is 15.7 Å². The van der Waals surface area contributed by atoms with Crippen molar-refractivity contribution in [3.63, 3.8) is 0 Å². The molecule has 2 rings (SSSR count). The molecule has 0 unspecified atom stereocenters. The van der Waals surface area contributed by atoms with Gasteiger partial charge in [0.1, 0.15) is 0 Å². The summed E-state index contributed by atoms with van der Waals surface area (Å²) in [6.07, 6.45) is -5.15. The Kier molecular flexibility index (Phi) is 6.24. The van der Waals surface area contributed by atoms with Crippen LogP contribution in [0.2, 0.25) is 0 Å². The van der Waals surface area contributed by atoms with Gasteiger partial charge in [-0.25, -0.2) is 4.79 Å². The summed E-state index contributed by atoms with van der Waals surface area (Å²) >= 11 is 0. The van der Waals surface area contributed by atoms with E-state index in [2.05, 4.69) is 10.1 Å². The summed E-state index contributed by atoms with van der Waals surface area (Å²) < 4.78 is 43.0. The molecule has 25 heavy (non-hydrogen) atoms. The van der Waals surface area contributed by atoms with E-state index in [0.29, 0.717) is 31.9 Å². The maximum absolute atomic E-state index is 12.8. The van der Waals surface area contributed by atoms with Gasteiger partial charge in [-0.1, -0.05) is 6.07 Å². The number of alkyl halides is 3. The first kappa shape index (κ1) is 19.0. The van der Waals surface area contributed by atoms with Crippen LogP contribution in [0.4, 0.5) is 23.7 Å². The average Bonchev–Trinajstić information content (AvgIpc) is 2.55. The second kappa shape index (κ2) is 8.19. The highest BCUT2D eigenvalue weighted by molar-refractivity contribution is 5.92. The van der Waals surface area contributed by atoms with Crippen molar-refractivity contribution < 1.29 is 27.5 Å². The highest BCUT2D eigenvalue weighted by Gasteiger charge is 2.31. The van der Waals surface area contributed by atoms with Crippen molar-refractivity contribution in [2.24, 2.45) is 0 Å². The number of anilines is 1. The smallest absolute Gasteiger partial charge is 0.416 e. The summed E-state index contributed by atoms with van der Waals surface area (Å²) in [5.41, 5.74) is -0.174. The zero-order chi connectivity index (χ0) is 18.4. The van der Waals surface area contributed by atoms with Crippen molar-refractivity contribution >= 4 is 17.7 Å². The number of piperazine rings is 1. The first-order chi connectivity index (χ1) is 11.8. The van der Waals surface area contributed by atoms with Gasteiger partial charge in [-0.05, 0) is 25.1 Å². The third-order valence-corrected chi connectivity index (χ3v) is 3.80. The van der Waals surface area contributed by atoms with Crippen LogP contribution >= 0.6 is 0 Å². The molecule has 1 N–H and O–H groups in total. The van der Waals surface area contributed by atoms with Gasteiger partial charge in [0.2, 0.25) is 5.91 Å². The normalized spacial score (nSPS) is 15.8. The Bertz CT molecular complexity index is 614. The molecule has 0 aromatic heterocycles. The quantitative estimate of drug-likeness (QED) is 0.892. The van der Waals surface area contributed by atoms with E-state index < -0.39 is 23.7 Å². The number of halogens is 3. The zero-order valence-electron chi connectivity index (χ0n) is 13.8. The number of benzene rings is 1. The number of imide groups is 1. The van der Waals surface area contributed by atoms with Gasteiger partial charge in [0.25, 0.3) is 0 Å². The lowest BCUT2D eigenvalue weighted by Gasteiger charge is -2.35. The van der Waals surface area contributed by atoms with Crippen molar-refractivity contribution in [3.8, 4) is 0 Å². The van der Waals surface area contributed by atoms with Crippen molar-refractivity contribution in [3.05, 3.63) is 29.8 Å². The van der Waals surface area contributed by atoms with E-state index in [1.165, 1.54) is 6.07 Å². The van der Waals surface area contributed by atoms with E-state index in [0.717, 1.165) is 12.1 Å². The summed E-state index contributed by atoms with van der Waals surface area (Å²) in [7, 11) is 0. The Balaban J connectivity index is 1.85. The van der Waals surface area contributed by atoms with Gasteiger partial charge in [-0.2, -0.15) is 13.2 Å². The summed E-state index contributed by atoms with van der Waals surface area (Å²) in [5, 5.41) is 2.11. The van der Waals surface area contributed by atoms with Gasteiger partial charge < -0.3 is 9.64 Å². The van der Waals surface area contributed by atoms with Crippen molar-refractivity contribution in [2.75, 3.05) is 44.2 Å². The second-order valence-corrected chi connectivity index (χ2v) is 5.58. The first-order valence-corrected chi connectivity index (χ1v) is 7.90. The Morgan fingerprint density at radius 2 is 1.88 bits per heavy atom. The Morgan fingerprint density at radius 3 is 2.48 bits per heavy atom. The van der Waals surface area contributed by atoms with Crippen molar-refractivity contribution in [1.29, 1.82) is 0 Å². The molecule has 9 heteroatoms. The fourth-order valence-corrected chi connectivity index (χ4v) is 2.57. The second-order valence-electron chi connectivity index (χ2n) is 5.58. The minimum absolute atomic E-state index is 0.0369. The Morgan fingerprint density at radius 1 is 1.20 bits per heavy atom. The molecular formula is C16H20F3N3O3. The molecule has 1 aromatic rings. The van der Waals surface area contributed by atoms with Crippen LogP contribution in [0, 0.1) is 0 Å². The maximum atomic E-state index is 12.8. The molecule has 1 heterocycles. The topological polar surface area (TPSA) is 61.9 Å². The molecule has 0 atom stereocenters. The lowest BCUT2D eigenvalue weighted by atomic mass is 10.1. The molecule has 2 amide bonds. The van der Waals surface area contributed by atoms with Crippen LogP contribution in [0.15, 0.2) is 24.3 Å². The number of nitrogens with zero attached hydrogens (tertiary/aromatic N) is 2. The third-order valence-electron chi connectivity index (χ3n) is 3.80. The van der Waals surface area contributed by atoms with E-state index in [1.54, 1.807) is 13.0 Å². The van der Waals surface area contributed by atoms with Gasteiger partial charge in [0, 0.05) is 31.9 Å². The third kappa shape index (κ3) is 5.63. The number of rotatable bonds is 4. The first-order valence-electron chi connectivity index (χ1n) is 7.90. The molecule has 0 spiro atoms. The van der Waals surface area contributed by atoms with Gasteiger partial charge in [0.15, 0.2) is 0 Å². The molecule has 0 radical (unpaired) electrons. The van der Waals surface area contributed by atoms with E-state index in [-0.39, 0.29) is 13.2 Å². The number of carbonyl (C=O) groups is 2. The molecule has 1 aliphatic rings. The SMILES string of the molecule is CCOC(=O)NC(=O)CN1CCN(c2cccc(C(F)(F)F)c2)CC1. The summed E-state index contributed by atoms with van der Waals surface area (Å²) in [4.78, 5) is 26.6. The molecule has 0 saturated carbocycles. The highest BCUT2D eigenvalue weighted by atomic mass is 19.4. The van der Waals surface area contributed by atoms with Gasteiger partial charge in [-0.3, -0.25) is 15.0 Å². The molecule has 138 valence electrons. The van der Waals surface area contributed by atoms with Crippen LogP contribution < -0.4 is 10.2 Å². The summed E-state index contributed by atoms with van der Waals surface area (Å²) in [5.74, 6) is -0.467. The van der Waals surface area contributed by atoms with E-state index in [9.17, 15) is 22.8 Å². The number of alkyl carbamates (subject to hydrolysis) is 1. The van der Waals surface area contributed by atoms with Crippen LogP contribution in [0.1, 0.15) is 12.5 Å². The lowest BCUT2D eigenvalue weighted by Crippen LogP contribution is -2.50. The molecule has 0 bridgehead atoms. The van der Waals surface area contributed by atoms with E-state index >= 15 is 0 Å². The largest absolute Gasteiger partial charge is 0.450 e. The number of ether oxygens (including phenoxy) is 1. The predicted molar refractivity (Wildman–Crippen MR) is 85.3 cm³/mol.